The Balaban J connectivity index is 2.42. The Labute approximate surface area is 131 Å². The summed E-state index contributed by atoms with van der Waals surface area (Å²) in [6, 6.07) is 0.856. The van der Waals surface area contributed by atoms with E-state index in [4.69, 9.17) is 18.3 Å². The molecule has 0 radical (unpaired) electrons. The molecule has 1 heterocycles. The van der Waals surface area contributed by atoms with Crippen LogP contribution in [0, 0.1) is 0 Å². The van der Waals surface area contributed by atoms with Crippen LogP contribution in [-0.2, 0) is 13.3 Å². The van der Waals surface area contributed by atoms with E-state index in [9.17, 15) is 0 Å². The number of likely N-dealkylation sites (tertiary alicyclic amines) is 1. The summed E-state index contributed by atoms with van der Waals surface area (Å²) >= 11 is 0. The Morgan fingerprint density at radius 2 is 1.71 bits per heavy atom. The summed E-state index contributed by atoms with van der Waals surface area (Å²) in [5, 5.41) is 0. The van der Waals surface area contributed by atoms with Gasteiger partial charge in [-0.05, 0) is 53.6 Å². The lowest BCUT2D eigenvalue weighted by Gasteiger charge is -2.28. The Bertz CT molecular complexity index is 296. The van der Waals surface area contributed by atoms with Crippen molar-refractivity contribution < 1.29 is 13.3 Å². The van der Waals surface area contributed by atoms with E-state index in [1.165, 1.54) is 18.7 Å². The van der Waals surface area contributed by atoms with E-state index >= 15 is 0 Å². The molecule has 0 atom stereocenters. The first kappa shape index (κ1) is 18.8. The number of piperidine rings is 1. The zero-order valence-corrected chi connectivity index (χ0v) is 15.2. The zero-order valence-electron chi connectivity index (χ0n) is 14.2. The third-order valence-corrected chi connectivity index (χ3v) is 6.68. The second kappa shape index (κ2) is 10.5. The van der Waals surface area contributed by atoms with Crippen LogP contribution < -0.4 is 0 Å². The van der Waals surface area contributed by atoms with E-state index in [1.807, 2.05) is 20.8 Å². The minimum absolute atomic E-state index is 0.644. The molecule has 124 valence electrons. The smallest absolute Gasteiger partial charge is 0.374 e. The number of hydrogen-bond acceptors (Lipinski definition) is 5. The van der Waals surface area contributed by atoms with Crippen molar-refractivity contribution in [3.8, 4) is 0 Å². The summed E-state index contributed by atoms with van der Waals surface area (Å²) in [6.07, 6.45) is 3.35. The monoisotopic (exact) mass is 316 g/mol. The van der Waals surface area contributed by atoms with Gasteiger partial charge in [0.15, 0.2) is 0 Å². The first-order valence-electron chi connectivity index (χ1n) is 8.28. The van der Waals surface area contributed by atoms with Gasteiger partial charge >= 0.3 is 8.80 Å². The number of nitrogens with zero attached hydrogens (tertiary/aromatic N) is 2. The van der Waals surface area contributed by atoms with Crippen LogP contribution in [-0.4, -0.2) is 65.9 Å². The molecule has 21 heavy (non-hydrogen) atoms. The molecule has 1 fully saturated rings. The number of rotatable bonds is 10. The fourth-order valence-corrected chi connectivity index (χ4v) is 5.28. The second-order valence-electron chi connectivity index (χ2n) is 5.37. The molecule has 5 nitrogen and oxygen atoms in total. The van der Waals surface area contributed by atoms with Crippen LogP contribution >= 0.6 is 0 Å². The summed E-state index contributed by atoms with van der Waals surface area (Å²) in [5.41, 5.74) is 1.33. The SMILES string of the molecule is CCO[Si](CCCN=C1CCCN(C)C1)(OCC)OCC. The highest BCUT2D eigenvalue weighted by Gasteiger charge is 2.39. The molecule has 0 aromatic rings. The molecule has 0 unspecified atom stereocenters. The average molecular weight is 317 g/mol. The highest BCUT2D eigenvalue weighted by Crippen LogP contribution is 2.18. The van der Waals surface area contributed by atoms with Gasteiger partial charge in [0.2, 0.25) is 0 Å². The quantitative estimate of drug-likeness (QED) is 0.459. The fourth-order valence-electron chi connectivity index (χ4n) is 2.69. The molecule has 1 rings (SSSR count). The molecule has 0 bridgehead atoms. The first-order chi connectivity index (χ1) is 10.2. The van der Waals surface area contributed by atoms with Crippen LogP contribution in [0.15, 0.2) is 4.99 Å². The summed E-state index contributed by atoms with van der Waals surface area (Å²) in [4.78, 5) is 7.08. The van der Waals surface area contributed by atoms with Crippen LogP contribution in [0.3, 0.4) is 0 Å². The maximum Gasteiger partial charge on any atom is 0.500 e. The van der Waals surface area contributed by atoms with Crippen LogP contribution in [0.25, 0.3) is 0 Å². The largest absolute Gasteiger partial charge is 0.500 e. The van der Waals surface area contributed by atoms with Gasteiger partial charge in [-0.1, -0.05) is 0 Å². The molecule has 0 spiro atoms. The summed E-state index contributed by atoms with van der Waals surface area (Å²) in [5.74, 6) is 0. The van der Waals surface area contributed by atoms with Gasteiger partial charge in [0.05, 0.1) is 0 Å². The topological polar surface area (TPSA) is 43.3 Å². The van der Waals surface area contributed by atoms with Gasteiger partial charge in [-0.15, -0.1) is 0 Å². The molecule has 1 aliphatic heterocycles. The third-order valence-electron chi connectivity index (χ3n) is 3.53. The van der Waals surface area contributed by atoms with Crippen LogP contribution in [0.5, 0.6) is 0 Å². The van der Waals surface area contributed by atoms with Crippen molar-refractivity contribution in [3.63, 3.8) is 0 Å². The van der Waals surface area contributed by atoms with Gasteiger partial charge in [0.25, 0.3) is 0 Å². The Morgan fingerprint density at radius 1 is 1.10 bits per heavy atom. The maximum atomic E-state index is 5.86. The highest BCUT2D eigenvalue weighted by atomic mass is 28.4. The van der Waals surface area contributed by atoms with E-state index in [0.717, 1.165) is 32.0 Å². The van der Waals surface area contributed by atoms with E-state index in [1.54, 1.807) is 0 Å². The van der Waals surface area contributed by atoms with E-state index in [2.05, 4.69) is 11.9 Å². The van der Waals surface area contributed by atoms with E-state index in [-0.39, 0.29) is 0 Å². The molecule has 0 aliphatic carbocycles. The lowest BCUT2D eigenvalue weighted by Crippen LogP contribution is -2.46. The second-order valence-corrected chi connectivity index (χ2v) is 8.11. The molecule has 0 N–H and O–H groups in total. The van der Waals surface area contributed by atoms with Gasteiger partial charge in [-0.25, -0.2) is 0 Å². The molecule has 0 aromatic carbocycles. The predicted octanol–water partition coefficient (Wildman–Crippen LogP) is 2.59. The minimum atomic E-state index is -2.48. The van der Waals surface area contributed by atoms with Gasteiger partial charge in [0, 0.05) is 44.7 Å². The average Bonchev–Trinajstić information content (AvgIpc) is 2.45. The molecule has 6 heteroatoms. The van der Waals surface area contributed by atoms with Crippen molar-refractivity contribution in [3.05, 3.63) is 0 Å². The highest BCUT2D eigenvalue weighted by molar-refractivity contribution is 6.60. The van der Waals surface area contributed by atoms with Crippen LogP contribution in [0.4, 0.5) is 0 Å². The summed E-state index contributed by atoms with van der Waals surface area (Å²) in [6.45, 7) is 11.0. The predicted molar refractivity (Wildman–Crippen MR) is 89.1 cm³/mol. The summed E-state index contributed by atoms with van der Waals surface area (Å²) < 4.78 is 17.6. The van der Waals surface area contributed by atoms with Crippen LogP contribution in [0.2, 0.25) is 6.04 Å². The standard InChI is InChI=1S/C15H32N2O3Si/c1-5-18-21(19-6-2,20-7-3)13-9-11-16-15-10-8-12-17(4)14-15/h5-14H2,1-4H3. The Kier molecular flexibility index (Phi) is 9.34. The van der Waals surface area contributed by atoms with Crippen molar-refractivity contribution in [1.82, 2.24) is 4.90 Å². The number of hydrogen-bond donors (Lipinski definition) is 0. The third kappa shape index (κ3) is 7.01. The van der Waals surface area contributed by atoms with E-state index in [0.29, 0.717) is 19.8 Å². The van der Waals surface area contributed by atoms with Crippen molar-refractivity contribution >= 4 is 14.5 Å². The first-order valence-corrected chi connectivity index (χ1v) is 10.2. The van der Waals surface area contributed by atoms with Crippen LogP contribution in [0.1, 0.15) is 40.0 Å². The van der Waals surface area contributed by atoms with Gasteiger partial charge in [-0.2, -0.15) is 0 Å². The Morgan fingerprint density at radius 3 is 2.24 bits per heavy atom. The zero-order chi connectivity index (χ0) is 15.6. The lowest BCUT2D eigenvalue weighted by atomic mass is 10.1. The summed E-state index contributed by atoms with van der Waals surface area (Å²) in [7, 11) is -0.317. The minimum Gasteiger partial charge on any atom is -0.374 e. The Hall–Kier alpha value is -0.273. The van der Waals surface area contributed by atoms with Gasteiger partial charge in [-0.3, -0.25) is 4.99 Å². The molecule has 1 aliphatic rings. The van der Waals surface area contributed by atoms with Crippen molar-refractivity contribution in [2.75, 3.05) is 46.5 Å². The van der Waals surface area contributed by atoms with Gasteiger partial charge < -0.3 is 18.2 Å². The molecular formula is C15H32N2O3Si. The molecule has 0 amide bonds. The maximum absolute atomic E-state index is 5.86. The molecule has 0 saturated carbocycles. The van der Waals surface area contributed by atoms with Crippen molar-refractivity contribution in [2.24, 2.45) is 4.99 Å². The molecule has 0 aromatic heterocycles. The normalized spacial score (nSPS) is 19.3. The fraction of sp³-hybridized carbons (Fsp3) is 0.933. The van der Waals surface area contributed by atoms with Gasteiger partial charge in [0.1, 0.15) is 0 Å². The number of aliphatic imine (C=N–C) groups is 1. The van der Waals surface area contributed by atoms with Crippen molar-refractivity contribution in [1.29, 1.82) is 0 Å². The van der Waals surface area contributed by atoms with Crippen molar-refractivity contribution in [2.45, 2.75) is 46.1 Å². The van der Waals surface area contributed by atoms with E-state index < -0.39 is 8.80 Å². The molecule has 1 saturated heterocycles. The molecular weight excluding hydrogens is 284 g/mol. The lowest BCUT2D eigenvalue weighted by molar-refractivity contribution is 0.0710.